The van der Waals surface area contributed by atoms with Crippen molar-refractivity contribution in [3.05, 3.63) is 47.6 Å². The van der Waals surface area contributed by atoms with Crippen LogP contribution in [0.15, 0.2) is 34.9 Å². The predicted octanol–water partition coefficient (Wildman–Crippen LogP) is 2.90. The van der Waals surface area contributed by atoms with Gasteiger partial charge in [0.15, 0.2) is 5.82 Å². The molecule has 24 heavy (non-hydrogen) atoms. The van der Waals surface area contributed by atoms with Gasteiger partial charge < -0.3 is 9.42 Å². The van der Waals surface area contributed by atoms with E-state index in [0.29, 0.717) is 25.2 Å². The lowest BCUT2D eigenvalue weighted by Crippen LogP contribution is -2.49. The first-order valence-corrected chi connectivity index (χ1v) is 8.38. The standard InChI is InChI=1S/C18H20FN3O2/c1-13-20-15(24-21-13)18(19)8-5-11-22(12-18)16(23)17(9-10-17)14-6-3-2-4-7-14/h2-4,6-7H,5,8-12H2,1H3. The molecular formula is C18H20FN3O2. The number of hydrogen-bond acceptors (Lipinski definition) is 4. The van der Waals surface area contributed by atoms with E-state index in [4.69, 9.17) is 4.52 Å². The maximum absolute atomic E-state index is 15.3. The molecule has 126 valence electrons. The Morgan fingerprint density at radius 3 is 2.62 bits per heavy atom. The van der Waals surface area contributed by atoms with Crippen molar-refractivity contribution in [3.8, 4) is 0 Å². The number of aryl methyl sites for hydroxylation is 1. The number of amides is 1. The second-order valence-corrected chi connectivity index (χ2v) is 6.89. The number of piperidine rings is 1. The molecular weight excluding hydrogens is 309 g/mol. The van der Waals surface area contributed by atoms with Crippen LogP contribution in [0.5, 0.6) is 0 Å². The minimum Gasteiger partial charge on any atom is -0.338 e. The van der Waals surface area contributed by atoms with Gasteiger partial charge in [0.1, 0.15) is 0 Å². The largest absolute Gasteiger partial charge is 0.338 e. The number of benzene rings is 1. The van der Waals surface area contributed by atoms with Crippen molar-refractivity contribution in [2.75, 3.05) is 13.1 Å². The zero-order valence-electron chi connectivity index (χ0n) is 13.7. The normalized spacial score (nSPS) is 25.5. The molecule has 0 spiro atoms. The van der Waals surface area contributed by atoms with E-state index in [9.17, 15) is 4.79 Å². The number of carbonyl (C=O) groups excluding carboxylic acids is 1. The molecule has 1 saturated heterocycles. The number of aromatic nitrogens is 2. The molecule has 2 heterocycles. The fourth-order valence-corrected chi connectivity index (χ4v) is 3.65. The van der Waals surface area contributed by atoms with Crippen molar-refractivity contribution in [2.45, 2.75) is 43.7 Å². The SMILES string of the molecule is Cc1noc(C2(F)CCCN(C(=O)C3(c4ccccc4)CC3)C2)n1. The van der Waals surface area contributed by atoms with Crippen LogP contribution in [0.3, 0.4) is 0 Å². The van der Waals surface area contributed by atoms with Crippen LogP contribution in [-0.2, 0) is 15.9 Å². The van der Waals surface area contributed by atoms with Gasteiger partial charge >= 0.3 is 0 Å². The lowest BCUT2D eigenvalue weighted by atomic mass is 9.90. The first kappa shape index (κ1) is 15.3. The molecule has 4 rings (SSSR count). The van der Waals surface area contributed by atoms with Crippen molar-refractivity contribution in [1.29, 1.82) is 0 Å². The lowest BCUT2D eigenvalue weighted by molar-refractivity contribution is -0.139. The van der Waals surface area contributed by atoms with E-state index in [1.807, 2.05) is 30.3 Å². The van der Waals surface area contributed by atoms with Crippen LogP contribution in [-0.4, -0.2) is 34.0 Å². The van der Waals surface area contributed by atoms with E-state index in [0.717, 1.165) is 18.4 Å². The van der Waals surface area contributed by atoms with Gasteiger partial charge in [-0.1, -0.05) is 35.5 Å². The summed E-state index contributed by atoms with van der Waals surface area (Å²) in [4.78, 5) is 18.8. The molecule has 1 unspecified atom stereocenters. The smallest absolute Gasteiger partial charge is 0.266 e. The summed E-state index contributed by atoms with van der Waals surface area (Å²) in [7, 11) is 0. The van der Waals surface area contributed by atoms with E-state index in [1.165, 1.54) is 0 Å². The Kier molecular flexibility index (Phi) is 3.44. The average molecular weight is 329 g/mol. The number of halogens is 1. The summed E-state index contributed by atoms with van der Waals surface area (Å²) in [5.41, 5.74) is -1.19. The number of rotatable bonds is 3. The molecule has 6 heteroatoms. The highest BCUT2D eigenvalue weighted by Crippen LogP contribution is 2.50. The fraction of sp³-hybridized carbons (Fsp3) is 0.500. The monoisotopic (exact) mass is 329 g/mol. The van der Waals surface area contributed by atoms with Crippen LogP contribution >= 0.6 is 0 Å². The Morgan fingerprint density at radius 2 is 2.00 bits per heavy atom. The molecule has 0 N–H and O–H groups in total. The van der Waals surface area contributed by atoms with Crippen LogP contribution in [0.25, 0.3) is 0 Å². The van der Waals surface area contributed by atoms with E-state index in [1.54, 1.807) is 11.8 Å². The van der Waals surface area contributed by atoms with Crippen molar-refractivity contribution in [3.63, 3.8) is 0 Å². The highest BCUT2D eigenvalue weighted by molar-refractivity contribution is 5.91. The van der Waals surface area contributed by atoms with Gasteiger partial charge in [0.2, 0.25) is 11.6 Å². The Balaban J connectivity index is 1.57. The summed E-state index contributed by atoms with van der Waals surface area (Å²) in [6, 6.07) is 9.80. The van der Waals surface area contributed by atoms with Gasteiger partial charge in [0.05, 0.1) is 12.0 Å². The molecule has 1 aliphatic carbocycles. The number of alkyl halides is 1. The second-order valence-electron chi connectivity index (χ2n) is 6.89. The summed E-state index contributed by atoms with van der Waals surface area (Å²) in [6.07, 6.45) is 2.54. The molecule has 2 fully saturated rings. The Hall–Kier alpha value is -2.24. The van der Waals surface area contributed by atoms with Crippen molar-refractivity contribution < 1.29 is 13.7 Å². The van der Waals surface area contributed by atoms with Gasteiger partial charge in [-0.2, -0.15) is 4.98 Å². The fourth-order valence-electron chi connectivity index (χ4n) is 3.65. The van der Waals surface area contributed by atoms with Crippen molar-refractivity contribution in [1.82, 2.24) is 15.0 Å². The van der Waals surface area contributed by atoms with E-state index >= 15 is 4.39 Å². The molecule has 1 atom stereocenters. The average Bonchev–Trinajstić information content (AvgIpc) is 3.30. The molecule has 1 saturated carbocycles. The highest BCUT2D eigenvalue weighted by Gasteiger charge is 2.55. The number of carbonyl (C=O) groups is 1. The molecule has 1 amide bonds. The van der Waals surface area contributed by atoms with Crippen LogP contribution < -0.4 is 0 Å². The quantitative estimate of drug-likeness (QED) is 0.869. The first-order valence-electron chi connectivity index (χ1n) is 8.38. The predicted molar refractivity (Wildman–Crippen MR) is 85.0 cm³/mol. The third-order valence-electron chi connectivity index (χ3n) is 5.13. The summed E-state index contributed by atoms with van der Waals surface area (Å²) >= 11 is 0. The molecule has 2 aliphatic rings. The summed E-state index contributed by atoms with van der Waals surface area (Å²) in [5.74, 6) is 0.419. The maximum atomic E-state index is 15.3. The lowest BCUT2D eigenvalue weighted by Gasteiger charge is -2.37. The summed E-state index contributed by atoms with van der Waals surface area (Å²) in [5, 5.41) is 3.69. The Labute approximate surface area is 139 Å². The molecule has 5 nitrogen and oxygen atoms in total. The van der Waals surface area contributed by atoms with Gasteiger partial charge in [-0.3, -0.25) is 4.79 Å². The second kappa shape index (κ2) is 5.40. The van der Waals surface area contributed by atoms with Crippen molar-refractivity contribution >= 4 is 5.91 Å². The molecule has 1 aromatic carbocycles. The third-order valence-corrected chi connectivity index (χ3v) is 5.13. The van der Waals surface area contributed by atoms with Gasteiger partial charge in [0.25, 0.3) is 5.89 Å². The maximum Gasteiger partial charge on any atom is 0.266 e. The van der Waals surface area contributed by atoms with Crippen LogP contribution in [0, 0.1) is 6.92 Å². The van der Waals surface area contributed by atoms with Crippen molar-refractivity contribution in [2.24, 2.45) is 0 Å². The molecule has 1 aliphatic heterocycles. The van der Waals surface area contributed by atoms with E-state index in [-0.39, 0.29) is 18.3 Å². The molecule has 1 aromatic heterocycles. The third kappa shape index (κ3) is 2.41. The molecule has 2 aromatic rings. The zero-order valence-corrected chi connectivity index (χ0v) is 13.7. The number of hydrogen-bond donors (Lipinski definition) is 0. The summed E-state index contributed by atoms with van der Waals surface area (Å²) < 4.78 is 20.4. The topological polar surface area (TPSA) is 59.2 Å². The highest BCUT2D eigenvalue weighted by atomic mass is 19.1. The zero-order chi connectivity index (χ0) is 16.8. The van der Waals surface area contributed by atoms with Crippen LogP contribution in [0.1, 0.15) is 43.0 Å². The Bertz CT molecular complexity index is 757. The van der Waals surface area contributed by atoms with E-state index < -0.39 is 11.1 Å². The van der Waals surface area contributed by atoms with Gasteiger partial charge in [-0.05, 0) is 38.2 Å². The molecule has 0 radical (unpaired) electrons. The van der Waals surface area contributed by atoms with Crippen LogP contribution in [0.2, 0.25) is 0 Å². The number of nitrogens with zero attached hydrogens (tertiary/aromatic N) is 3. The van der Waals surface area contributed by atoms with E-state index in [2.05, 4.69) is 10.1 Å². The van der Waals surface area contributed by atoms with Gasteiger partial charge in [0, 0.05) is 6.54 Å². The van der Waals surface area contributed by atoms with Gasteiger partial charge in [-0.25, -0.2) is 4.39 Å². The van der Waals surface area contributed by atoms with Crippen LogP contribution in [0.4, 0.5) is 4.39 Å². The molecule has 0 bridgehead atoms. The number of likely N-dealkylation sites (tertiary alicyclic amines) is 1. The minimum atomic E-state index is -1.75. The summed E-state index contributed by atoms with van der Waals surface area (Å²) in [6.45, 7) is 2.23. The Morgan fingerprint density at radius 1 is 1.25 bits per heavy atom. The minimum absolute atomic E-state index is 0.0119. The van der Waals surface area contributed by atoms with Gasteiger partial charge in [-0.15, -0.1) is 0 Å². The first-order chi connectivity index (χ1) is 11.5.